The van der Waals surface area contributed by atoms with Crippen molar-refractivity contribution >= 4 is 11.3 Å². The average molecular weight is 317 g/mol. The second kappa shape index (κ2) is 6.14. The average Bonchev–Trinajstić information content (AvgIpc) is 3.27. The molecule has 1 fully saturated rings. The molecule has 2 aromatic rings. The molecule has 0 N–H and O–H groups in total. The van der Waals surface area contributed by atoms with E-state index in [1.54, 1.807) is 11.3 Å². The summed E-state index contributed by atoms with van der Waals surface area (Å²) in [5, 5.41) is 9.40. The number of hydrogen-bond donors (Lipinski definition) is 0. The van der Waals surface area contributed by atoms with E-state index < -0.39 is 0 Å². The van der Waals surface area contributed by atoms with Crippen LogP contribution in [0.3, 0.4) is 0 Å². The van der Waals surface area contributed by atoms with Crippen molar-refractivity contribution in [2.24, 2.45) is 0 Å². The quantitative estimate of drug-likeness (QED) is 0.866. The van der Waals surface area contributed by atoms with Gasteiger partial charge in [0, 0.05) is 30.8 Å². The SMILES string of the molecule is CCn1nc([C@@H]2CCCN2Cc2ccsc2)c2c1CCOC2. The van der Waals surface area contributed by atoms with Crippen LogP contribution in [0.4, 0.5) is 0 Å². The number of nitrogens with zero attached hydrogens (tertiary/aromatic N) is 3. The molecule has 4 rings (SSSR count). The Balaban J connectivity index is 1.64. The third-order valence-electron chi connectivity index (χ3n) is 4.87. The van der Waals surface area contributed by atoms with Crippen LogP contribution in [-0.2, 0) is 30.9 Å². The fourth-order valence-electron chi connectivity index (χ4n) is 3.81. The fourth-order valence-corrected chi connectivity index (χ4v) is 4.47. The summed E-state index contributed by atoms with van der Waals surface area (Å²) < 4.78 is 7.93. The van der Waals surface area contributed by atoms with Gasteiger partial charge >= 0.3 is 0 Å². The van der Waals surface area contributed by atoms with Crippen molar-refractivity contribution in [1.82, 2.24) is 14.7 Å². The molecule has 22 heavy (non-hydrogen) atoms. The molecule has 5 heteroatoms. The first-order valence-corrected chi connectivity index (χ1v) is 9.22. The highest BCUT2D eigenvalue weighted by molar-refractivity contribution is 7.07. The van der Waals surface area contributed by atoms with Gasteiger partial charge < -0.3 is 4.74 Å². The summed E-state index contributed by atoms with van der Waals surface area (Å²) in [6.45, 7) is 6.94. The molecule has 2 aliphatic rings. The van der Waals surface area contributed by atoms with E-state index in [4.69, 9.17) is 9.84 Å². The molecule has 1 atom stereocenters. The first-order valence-electron chi connectivity index (χ1n) is 8.28. The summed E-state index contributed by atoms with van der Waals surface area (Å²) in [5.74, 6) is 0. The van der Waals surface area contributed by atoms with Gasteiger partial charge in [0.2, 0.25) is 0 Å². The van der Waals surface area contributed by atoms with Crippen LogP contribution in [0.25, 0.3) is 0 Å². The Labute approximate surface area is 135 Å². The van der Waals surface area contributed by atoms with Crippen LogP contribution >= 0.6 is 11.3 Å². The van der Waals surface area contributed by atoms with E-state index in [1.165, 1.54) is 41.9 Å². The van der Waals surface area contributed by atoms with E-state index in [0.717, 1.165) is 32.7 Å². The van der Waals surface area contributed by atoms with E-state index >= 15 is 0 Å². The summed E-state index contributed by atoms with van der Waals surface area (Å²) in [6, 6.07) is 2.70. The molecule has 2 aromatic heterocycles. The molecule has 0 bridgehead atoms. The highest BCUT2D eigenvalue weighted by atomic mass is 32.1. The van der Waals surface area contributed by atoms with E-state index in [0.29, 0.717) is 6.04 Å². The topological polar surface area (TPSA) is 30.3 Å². The summed E-state index contributed by atoms with van der Waals surface area (Å²) in [6.07, 6.45) is 3.49. The minimum absolute atomic E-state index is 0.461. The lowest BCUT2D eigenvalue weighted by Crippen LogP contribution is -2.24. The molecule has 0 amide bonds. The second-order valence-corrected chi connectivity index (χ2v) is 6.97. The molecule has 1 saturated heterocycles. The van der Waals surface area contributed by atoms with Crippen molar-refractivity contribution < 1.29 is 4.74 Å². The monoisotopic (exact) mass is 317 g/mol. The normalized spacial score (nSPS) is 22.1. The van der Waals surface area contributed by atoms with Gasteiger partial charge in [-0.2, -0.15) is 16.4 Å². The number of aromatic nitrogens is 2. The van der Waals surface area contributed by atoms with Crippen molar-refractivity contribution in [2.75, 3.05) is 13.2 Å². The lowest BCUT2D eigenvalue weighted by molar-refractivity contribution is 0.107. The molecule has 4 nitrogen and oxygen atoms in total. The largest absolute Gasteiger partial charge is 0.376 e. The van der Waals surface area contributed by atoms with Gasteiger partial charge in [0.15, 0.2) is 0 Å². The zero-order valence-electron chi connectivity index (χ0n) is 13.1. The minimum atomic E-state index is 0.461. The smallest absolute Gasteiger partial charge is 0.0854 e. The Kier molecular flexibility index (Phi) is 4.03. The van der Waals surface area contributed by atoms with Gasteiger partial charge in [-0.3, -0.25) is 9.58 Å². The predicted molar refractivity (Wildman–Crippen MR) is 88.0 cm³/mol. The zero-order chi connectivity index (χ0) is 14.9. The van der Waals surface area contributed by atoms with Gasteiger partial charge in [0.05, 0.1) is 24.9 Å². The van der Waals surface area contributed by atoms with Gasteiger partial charge in [-0.05, 0) is 48.7 Å². The highest BCUT2D eigenvalue weighted by Gasteiger charge is 2.32. The molecule has 4 heterocycles. The Morgan fingerprint density at radius 1 is 1.45 bits per heavy atom. The van der Waals surface area contributed by atoms with Crippen molar-refractivity contribution in [2.45, 2.75) is 51.9 Å². The minimum Gasteiger partial charge on any atom is -0.376 e. The van der Waals surface area contributed by atoms with Gasteiger partial charge in [0.1, 0.15) is 0 Å². The Morgan fingerprint density at radius 3 is 3.23 bits per heavy atom. The first kappa shape index (κ1) is 14.4. The molecule has 0 aromatic carbocycles. The molecule has 0 radical (unpaired) electrons. The number of hydrogen-bond acceptors (Lipinski definition) is 4. The van der Waals surface area contributed by atoms with Crippen LogP contribution < -0.4 is 0 Å². The molecular formula is C17H23N3OS. The number of aryl methyl sites for hydroxylation is 1. The van der Waals surface area contributed by atoms with Crippen LogP contribution in [0.5, 0.6) is 0 Å². The van der Waals surface area contributed by atoms with Crippen molar-refractivity contribution in [3.63, 3.8) is 0 Å². The van der Waals surface area contributed by atoms with E-state index in [2.05, 4.69) is 33.3 Å². The molecule has 118 valence electrons. The summed E-state index contributed by atoms with van der Waals surface area (Å²) in [7, 11) is 0. The van der Waals surface area contributed by atoms with Crippen LogP contribution in [-0.4, -0.2) is 27.8 Å². The summed E-state index contributed by atoms with van der Waals surface area (Å²) in [4.78, 5) is 2.60. The summed E-state index contributed by atoms with van der Waals surface area (Å²) >= 11 is 1.78. The van der Waals surface area contributed by atoms with E-state index in [1.807, 2.05) is 0 Å². The summed E-state index contributed by atoms with van der Waals surface area (Å²) in [5.41, 5.74) is 5.49. The van der Waals surface area contributed by atoms with Gasteiger partial charge in [0.25, 0.3) is 0 Å². The molecule has 0 saturated carbocycles. The molecular weight excluding hydrogens is 294 g/mol. The maximum absolute atomic E-state index is 5.72. The van der Waals surface area contributed by atoms with Gasteiger partial charge in [-0.1, -0.05) is 0 Å². The zero-order valence-corrected chi connectivity index (χ0v) is 13.9. The third-order valence-corrected chi connectivity index (χ3v) is 5.60. The van der Waals surface area contributed by atoms with E-state index in [-0.39, 0.29) is 0 Å². The number of likely N-dealkylation sites (tertiary alicyclic amines) is 1. The van der Waals surface area contributed by atoms with Gasteiger partial charge in [-0.25, -0.2) is 0 Å². The third kappa shape index (κ3) is 2.51. The Hall–Kier alpha value is -1.17. The van der Waals surface area contributed by atoms with Crippen molar-refractivity contribution in [3.8, 4) is 0 Å². The molecule has 0 aliphatic carbocycles. The predicted octanol–water partition coefficient (Wildman–Crippen LogP) is 3.37. The number of rotatable bonds is 4. The second-order valence-electron chi connectivity index (χ2n) is 6.19. The fraction of sp³-hybridized carbons (Fsp3) is 0.588. The molecule has 0 spiro atoms. The molecule has 2 aliphatic heterocycles. The maximum atomic E-state index is 5.72. The standard InChI is InChI=1S/C17H23N3OS/c1-2-20-15-5-8-21-11-14(15)17(18-20)16-4-3-7-19(16)10-13-6-9-22-12-13/h6,9,12,16H,2-5,7-8,10-11H2,1H3/t16-/m0/s1. The lowest BCUT2D eigenvalue weighted by Gasteiger charge is -2.24. The van der Waals surface area contributed by atoms with Crippen molar-refractivity contribution in [1.29, 1.82) is 0 Å². The van der Waals surface area contributed by atoms with Crippen molar-refractivity contribution in [3.05, 3.63) is 39.3 Å². The van der Waals surface area contributed by atoms with Crippen LogP contribution in [0.1, 0.15) is 48.3 Å². The highest BCUT2D eigenvalue weighted by Crippen LogP contribution is 2.36. The van der Waals surface area contributed by atoms with Crippen LogP contribution in [0, 0.1) is 0 Å². The van der Waals surface area contributed by atoms with Crippen LogP contribution in [0.2, 0.25) is 0 Å². The van der Waals surface area contributed by atoms with Crippen LogP contribution in [0.15, 0.2) is 16.8 Å². The lowest BCUT2D eigenvalue weighted by atomic mass is 10.0. The van der Waals surface area contributed by atoms with E-state index in [9.17, 15) is 0 Å². The number of thiophene rings is 1. The number of fused-ring (bicyclic) bond motifs is 1. The first-order chi connectivity index (χ1) is 10.9. The maximum Gasteiger partial charge on any atom is 0.0854 e. The Bertz CT molecular complexity index is 635. The molecule has 0 unspecified atom stereocenters. The van der Waals surface area contributed by atoms with Gasteiger partial charge in [-0.15, -0.1) is 0 Å². The Morgan fingerprint density at radius 2 is 2.41 bits per heavy atom. The number of ether oxygens (including phenoxy) is 1.